The van der Waals surface area contributed by atoms with Crippen molar-refractivity contribution < 1.29 is 19.4 Å². The molecular formula is C18H36N2O4. The van der Waals surface area contributed by atoms with Crippen LogP contribution in [-0.4, -0.2) is 54.2 Å². The maximum Gasteiger partial charge on any atom is 0.309 e. The van der Waals surface area contributed by atoms with E-state index in [9.17, 15) is 14.7 Å². The largest absolute Gasteiger partial charge is 0.481 e. The fourth-order valence-electron chi connectivity index (χ4n) is 3.19. The third kappa shape index (κ3) is 5.45. The minimum absolute atomic E-state index is 0.00615. The summed E-state index contributed by atoms with van der Waals surface area (Å²) in [6.07, 6.45) is -0.629. The Kier molecular flexibility index (Phi) is 8.39. The molecule has 0 radical (unpaired) electrons. The Morgan fingerprint density at radius 1 is 1.08 bits per heavy atom. The van der Waals surface area contributed by atoms with Gasteiger partial charge in [0, 0.05) is 14.2 Å². The van der Waals surface area contributed by atoms with E-state index in [4.69, 9.17) is 10.5 Å². The summed E-state index contributed by atoms with van der Waals surface area (Å²) in [5.41, 5.74) is 5.50. The Morgan fingerprint density at radius 3 is 1.79 bits per heavy atom. The number of rotatable bonds is 8. The van der Waals surface area contributed by atoms with Crippen molar-refractivity contribution in [2.24, 2.45) is 28.9 Å². The Morgan fingerprint density at radius 2 is 1.54 bits per heavy atom. The third-order valence-corrected chi connectivity index (χ3v) is 4.62. The fourth-order valence-corrected chi connectivity index (χ4v) is 3.19. The van der Waals surface area contributed by atoms with Crippen LogP contribution in [0, 0.1) is 23.2 Å². The van der Waals surface area contributed by atoms with Gasteiger partial charge in [0.15, 0.2) is 0 Å². The van der Waals surface area contributed by atoms with Crippen molar-refractivity contribution in [3.63, 3.8) is 0 Å². The lowest BCUT2D eigenvalue weighted by Gasteiger charge is -2.43. The summed E-state index contributed by atoms with van der Waals surface area (Å²) >= 11 is 0. The van der Waals surface area contributed by atoms with Gasteiger partial charge in [-0.1, -0.05) is 48.5 Å². The van der Waals surface area contributed by atoms with Crippen molar-refractivity contribution in [3.05, 3.63) is 0 Å². The summed E-state index contributed by atoms with van der Waals surface area (Å²) in [7, 11) is 3.19. The van der Waals surface area contributed by atoms with Crippen LogP contribution >= 0.6 is 0 Å². The zero-order chi connectivity index (χ0) is 19.4. The molecule has 0 bridgehead atoms. The Balaban J connectivity index is 5.84. The number of nitrogens with zero attached hydrogens (tertiary/aromatic N) is 1. The van der Waals surface area contributed by atoms with E-state index in [1.165, 1.54) is 7.11 Å². The molecule has 6 nitrogen and oxygen atoms in total. The first-order valence-corrected chi connectivity index (χ1v) is 8.55. The zero-order valence-corrected chi connectivity index (χ0v) is 16.7. The van der Waals surface area contributed by atoms with Gasteiger partial charge < -0.3 is 20.5 Å². The second-order valence-electron chi connectivity index (χ2n) is 8.34. The van der Waals surface area contributed by atoms with E-state index in [1.54, 1.807) is 11.9 Å². The van der Waals surface area contributed by atoms with E-state index in [0.717, 1.165) is 0 Å². The van der Waals surface area contributed by atoms with Crippen molar-refractivity contribution in [3.8, 4) is 0 Å². The quantitative estimate of drug-likeness (QED) is 0.704. The first-order valence-electron chi connectivity index (χ1n) is 8.55. The van der Waals surface area contributed by atoms with Gasteiger partial charge in [0.25, 0.3) is 0 Å². The highest BCUT2D eigenvalue weighted by atomic mass is 16.5. The van der Waals surface area contributed by atoms with E-state index in [2.05, 4.69) is 0 Å². The highest BCUT2D eigenvalue weighted by Gasteiger charge is 2.45. The van der Waals surface area contributed by atoms with Gasteiger partial charge in [-0.3, -0.25) is 9.59 Å². The van der Waals surface area contributed by atoms with Gasteiger partial charge in [-0.25, -0.2) is 0 Å². The Hall–Kier alpha value is -1.14. The molecule has 0 aliphatic carbocycles. The van der Waals surface area contributed by atoms with Gasteiger partial charge in [-0.2, -0.15) is 0 Å². The predicted molar refractivity (Wildman–Crippen MR) is 95.6 cm³/mol. The van der Waals surface area contributed by atoms with Gasteiger partial charge in [-0.15, -0.1) is 0 Å². The topological polar surface area (TPSA) is 92.9 Å². The number of carbonyl (C=O) groups excluding carboxylic acids is 1. The molecule has 6 heteroatoms. The first-order chi connectivity index (χ1) is 10.8. The smallest absolute Gasteiger partial charge is 0.309 e. The number of likely N-dealkylation sites (N-methyl/N-ethyl adjacent to an activating group) is 1. The molecule has 4 atom stereocenters. The maximum atomic E-state index is 12.7. The summed E-state index contributed by atoms with van der Waals surface area (Å²) in [4.78, 5) is 26.2. The van der Waals surface area contributed by atoms with E-state index >= 15 is 0 Å². The van der Waals surface area contributed by atoms with Gasteiger partial charge in [0.05, 0.1) is 24.1 Å². The Labute approximate surface area is 146 Å². The number of nitrogens with two attached hydrogens (primary N) is 1. The monoisotopic (exact) mass is 344 g/mol. The molecule has 142 valence electrons. The second-order valence-corrected chi connectivity index (χ2v) is 8.34. The van der Waals surface area contributed by atoms with Crippen LogP contribution in [0.5, 0.6) is 0 Å². The molecule has 1 amide bonds. The number of amides is 1. The van der Waals surface area contributed by atoms with Crippen LogP contribution in [0.15, 0.2) is 0 Å². The fraction of sp³-hybridized carbons (Fsp3) is 0.889. The van der Waals surface area contributed by atoms with Gasteiger partial charge in [-0.05, 0) is 17.3 Å². The van der Waals surface area contributed by atoms with Crippen LogP contribution in [0.25, 0.3) is 0 Å². The standard InChI is InChI=1S/C18H36N2O4/c1-10(2)13(19)16(21)20(8)14(11(3)4)15(24-9)12(17(22)23)18(5,6)7/h10-15H,19H2,1-9H3,(H,22,23)/t12?,13-,14-,15+/m0/s1. The minimum atomic E-state index is -0.922. The van der Waals surface area contributed by atoms with Crippen LogP contribution in [-0.2, 0) is 14.3 Å². The first kappa shape index (κ1) is 22.9. The molecule has 0 spiro atoms. The zero-order valence-electron chi connectivity index (χ0n) is 16.7. The summed E-state index contributed by atoms with van der Waals surface area (Å²) < 4.78 is 5.62. The molecular weight excluding hydrogens is 308 g/mol. The van der Waals surface area contributed by atoms with Crippen LogP contribution in [0.1, 0.15) is 48.5 Å². The van der Waals surface area contributed by atoms with Crippen LogP contribution < -0.4 is 5.73 Å². The van der Waals surface area contributed by atoms with E-state index in [-0.39, 0.29) is 23.8 Å². The number of carboxylic acid groups (broad SMARTS) is 1. The normalized spacial score (nSPS) is 17.5. The highest BCUT2D eigenvalue weighted by molar-refractivity contribution is 5.82. The molecule has 0 aromatic heterocycles. The van der Waals surface area contributed by atoms with E-state index in [0.29, 0.717) is 0 Å². The molecule has 0 aromatic carbocycles. The van der Waals surface area contributed by atoms with Gasteiger partial charge >= 0.3 is 5.97 Å². The number of hydrogen-bond donors (Lipinski definition) is 2. The maximum absolute atomic E-state index is 12.7. The third-order valence-electron chi connectivity index (χ3n) is 4.62. The van der Waals surface area contributed by atoms with E-state index in [1.807, 2.05) is 48.5 Å². The molecule has 0 saturated heterocycles. The molecule has 0 rings (SSSR count). The number of carboxylic acids is 1. The molecule has 24 heavy (non-hydrogen) atoms. The molecule has 0 heterocycles. The van der Waals surface area contributed by atoms with Crippen molar-refractivity contribution in [1.29, 1.82) is 0 Å². The van der Waals surface area contributed by atoms with Gasteiger partial charge in [0.2, 0.25) is 5.91 Å². The summed E-state index contributed by atoms with van der Waals surface area (Å²) in [6, 6.07) is -1.00. The van der Waals surface area contributed by atoms with Crippen molar-refractivity contribution in [2.75, 3.05) is 14.2 Å². The lowest BCUT2D eigenvalue weighted by atomic mass is 9.73. The van der Waals surface area contributed by atoms with Crippen LogP contribution in [0.4, 0.5) is 0 Å². The molecule has 0 saturated carbocycles. The average molecular weight is 344 g/mol. The molecule has 0 fully saturated rings. The summed E-state index contributed by atoms with van der Waals surface area (Å²) in [6.45, 7) is 13.3. The van der Waals surface area contributed by atoms with Crippen molar-refractivity contribution in [1.82, 2.24) is 4.90 Å². The number of aliphatic carboxylic acids is 1. The predicted octanol–water partition coefficient (Wildman–Crippen LogP) is 2.21. The SMILES string of the molecule is CO[C@H](C(C(=O)O)C(C)(C)C)[C@H](C(C)C)N(C)C(=O)[C@@H](N)C(C)C. The molecule has 1 unspecified atom stereocenters. The number of methoxy groups -OCH3 is 1. The molecule has 0 aliphatic rings. The van der Waals surface area contributed by atoms with Crippen LogP contribution in [0.3, 0.4) is 0 Å². The number of hydrogen-bond acceptors (Lipinski definition) is 4. The van der Waals surface area contributed by atoms with E-state index < -0.39 is 29.4 Å². The second kappa shape index (κ2) is 8.81. The number of ether oxygens (including phenoxy) is 1. The molecule has 0 aromatic rings. The van der Waals surface area contributed by atoms with Crippen LogP contribution in [0.2, 0.25) is 0 Å². The Bertz CT molecular complexity index is 429. The number of carbonyl (C=O) groups is 2. The summed E-state index contributed by atoms with van der Waals surface area (Å²) in [5, 5.41) is 9.75. The van der Waals surface area contributed by atoms with Gasteiger partial charge in [0.1, 0.15) is 0 Å². The summed E-state index contributed by atoms with van der Waals surface area (Å²) in [5.74, 6) is -1.84. The molecule has 0 aliphatic heterocycles. The average Bonchev–Trinajstić information content (AvgIpc) is 2.41. The van der Waals surface area contributed by atoms with Crippen molar-refractivity contribution >= 4 is 11.9 Å². The highest BCUT2D eigenvalue weighted by Crippen LogP contribution is 2.35. The lowest BCUT2D eigenvalue weighted by molar-refractivity contribution is -0.161. The lowest BCUT2D eigenvalue weighted by Crippen LogP contribution is -2.58. The minimum Gasteiger partial charge on any atom is -0.481 e. The van der Waals surface area contributed by atoms with Crippen molar-refractivity contribution in [2.45, 2.75) is 66.7 Å². The molecule has 3 N–H and O–H groups in total.